The molecule has 0 amide bonds. The van der Waals surface area contributed by atoms with Crippen molar-refractivity contribution in [3.05, 3.63) is 47.5 Å². The molecule has 24 heavy (non-hydrogen) atoms. The maximum absolute atomic E-state index is 6.08. The summed E-state index contributed by atoms with van der Waals surface area (Å²) < 4.78 is 8.49. The normalized spacial score (nSPS) is 22.8. The van der Waals surface area contributed by atoms with E-state index in [1.54, 1.807) is 0 Å². The molecule has 0 radical (unpaired) electrons. The van der Waals surface area contributed by atoms with Gasteiger partial charge >= 0.3 is 0 Å². The van der Waals surface area contributed by atoms with Crippen LogP contribution in [-0.2, 0) is 24.9 Å². The summed E-state index contributed by atoms with van der Waals surface area (Å²) in [6.45, 7) is 5.99. The van der Waals surface area contributed by atoms with Gasteiger partial charge in [-0.25, -0.2) is 0 Å². The summed E-state index contributed by atoms with van der Waals surface area (Å²) in [5.41, 5.74) is 3.42. The molecule has 2 aliphatic rings. The maximum Gasteiger partial charge on any atom is 0.0892 e. The molecule has 0 bridgehead atoms. The summed E-state index contributed by atoms with van der Waals surface area (Å²) in [5.74, 6) is 1.10. The van der Waals surface area contributed by atoms with E-state index in [4.69, 9.17) is 4.74 Å². The molecule has 0 N–H and O–H groups in total. The van der Waals surface area contributed by atoms with Crippen molar-refractivity contribution >= 4 is 11.8 Å². The third-order valence-electron chi connectivity index (χ3n) is 4.88. The summed E-state index contributed by atoms with van der Waals surface area (Å²) in [5, 5.41) is 4.44. The minimum Gasteiger partial charge on any atom is -0.371 e. The van der Waals surface area contributed by atoms with Gasteiger partial charge in [-0.2, -0.15) is 5.10 Å². The average molecular weight is 344 g/mol. The first-order valence-electron chi connectivity index (χ1n) is 8.49. The fraction of sp³-hybridized carbons (Fsp3) is 0.556. The van der Waals surface area contributed by atoms with Crippen LogP contribution in [0.2, 0.25) is 0 Å². The molecule has 1 spiro atoms. The van der Waals surface area contributed by atoms with Gasteiger partial charge in [0.2, 0.25) is 0 Å². The van der Waals surface area contributed by atoms with Crippen molar-refractivity contribution in [1.82, 2.24) is 19.7 Å². The van der Waals surface area contributed by atoms with Crippen LogP contribution in [0.4, 0.5) is 0 Å². The lowest BCUT2D eigenvalue weighted by molar-refractivity contribution is 0.0246. The van der Waals surface area contributed by atoms with Gasteiger partial charge in [0, 0.05) is 43.4 Å². The van der Waals surface area contributed by atoms with Gasteiger partial charge in [0.05, 0.1) is 29.8 Å². The van der Waals surface area contributed by atoms with Crippen LogP contribution in [0.3, 0.4) is 0 Å². The second-order valence-corrected chi connectivity index (χ2v) is 8.49. The summed E-state index contributed by atoms with van der Waals surface area (Å²) in [6, 6.07) is 8.17. The molecule has 0 unspecified atom stereocenters. The molecule has 0 saturated carbocycles. The number of aryl methyl sites for hydroxylation is 2. The first-order chi connectivity index (χ1) is 11.6. The van der Waals surface area contributed by atoms with Crippen molar-refractivity contribution in [1.29, 1.82) is 0 Å². The highest BCUT2D eigenvalue weighted by Gasteiger charge is 2.49. The molecular weight excluding hydrogens is 320 g/mol. The number of rotatable bonds is 5. The van der Waals surface area contributed by atoms with E-state index in [9.17, 15) is 0 Å². The number of pyridine rings is 1. The van der Waals surface area contributed by atoms with Crippen molar-refractivity contribution in [3.8, 4) is 0 Å². The standard InChI is InChI=1S/C18H24N4OS/c1-14-7-16(21(2)20-14)9-22-12-18(13-22)8-17(11-24-18)23-10-15-5-3-4-6-19-15/h3-7,17H,8-13H2,1-2H3/t17-/m1/s1. The minimum atomic E-state index is 0.359. The first-order valence-corrected chi connectivity index (χ1v) is 9.48. The van der Waals surface area contributed by atoms with E-state index in [2.05, 4.69) is 39.7 Å². The Labute approximate surface area is 147 Å². The lowest BCUT2D eigenvalue weighted by atomic mass is 9.93. The van der Waals surface area contributed by atoms with E-state index in [1.807, 2.05) is 36.1 Å². The van der Waals surface area contributed by atoms with E-state index in [-0.39, 0.29) is 0 Å². The number of aromatic nitrogens is 3. The Hall–Kier alpha value is -1.37. The molecule has 0 aromatic carbocycles. The predicted octanol–water partition coefficient (Wildman–Crippen LogP) is 2.40. The maximum atomic E-state index is 6.08. The van der Waals surface area contributed by atoms with Crippen molar-refractivity contribution in [2.75, 3.05) is 18.8 Å². The molecule has 2 aromatic rings. The Morgan fingerprint density at radius 3 is 2.96 bits per heavy atom. The van der Waals surface area contributed by atoms with Gasteiger partial charge in [0.15, 0.2) is 0 Å². The highest BCUT2D eigenvalue weighted by atomic mass is 32.2. The van der Waals surface area contributed by atoms with Crippen LogP contribution in [0.15, 0.2) is 30.5 Å². The predicted molar refractivity (Wildman–Crippen MR) is 95.8 cm³/mol. The largest absolute Gasteiger partial charge is 0.371 e. The second kappa shape index (κ2) is 6.50. The lowest BCUT2D eigenvalue weighted by Crippen LogP contribution is -2.58. The number of hydrogen-bond acceptors (Lipinski definition) is 5. The average Bonchev–Trinajstić information content (AvgIpc) is 3.10. The molecule has 4 rings (SSSR count). The summed E-state index contributed by atoms with van der Waals surface area (Å²) >= 11 is 2.09. The molecule has 1 atom stereocenters. The number of hydrogen-bond donors (Lipinski definition) is 0. The highest BCUT2D eigenvalue weighted by Crippen LogP contribution is 2.46. The topological polar surface area (TPSA) is 43.2 Å². The number of nitrogens with zero attached hydrogens (tertiary/aromatic N) is 4. The smallest absolute Gasteiger partial charge is 0.0892 e. The van der Waals surface area contributed by atoms with E-state index >= 15 is 0 Å². The van der Waals surface area contributed by atoms with E-state index in [0.717, 1.165) is 43.2 Å². The Balaban J connectivity index is 1.25. The molecule has 0 aliphatic carbocycles. The molecule has 2 aliphatic heterocycles. The third-order valence-corrected chi connectivity index (χ3v) is 6.45. The third kappa shape index (κ3) is 3.36. The number of thioether (sulfide) groups is 1. The van der Waals surface area contributed by atoms with Gasteiger partial charge in [0.1, 0.15) is 0 Å². The van der Waals surface area contributed by atoms with Crippen LogP contribution in [0.5, 0.6) is 0 Å². The van der Waals surface area contributed by atoms with Crippen LogP contribution in [-0.4, -0.2) is 49.4 Å². The van der Waals surface area contributed by atoms with Gasteiger partial charge in [-0.05, 0) is 31.5 Å². The zero-order valence-corrected chi connectivity index (χ0v) is 15.1. The van der Waals surface area contributed by atoms with E-state index in [1.165, 1.54) is 5.69 Å². The van der Waals surface area contributed by atoms with E-state index < -0.39 is 0 Å². The molecule has 4 heterocycles. The lowest BCUT2D eigenvalue weighted by Gasteiger charge is -2.47. The molecule has 128 valence electrons. The second-order valence-electron chi connectivity index (χ2n) is 7.00. The summed E-state index contributed by atoms with van der Waals surface area (Å²) in [4.78, 5) is 6.85. The Bertz CT molecular complexity index is 696. The highest BCUT2D eigenvalue weighted by molar-refractivity contribution is 8.01. The number of likely N-dealkylation sites (tertiary alicyclic amines) is 1. The molecule has 2 saturated heterocycles. The Morgan fingerprint density at radius 2 is 2.25 bits per heavy atom. The Morgan fingerprint density at radius 1 is 1.38 bits per heavy atom. The first kappa shape index (κ1) is 16.1. The monoisotopic (exact) mass is 344 g/mol. The van der Waals surface area contributed by atoms with Crippen LogP contribution in [0.1, 0.15) is 23.5 Å². The van der Waals surface area contributed by atoms with Crippen LogP contribution in [0, 0.1) is 6.92 Å². The molecule has 2 fully saturated rings. The van der Waals surface area contributed by atoms with Gasteiger partial charge in [-0.3, -0.25) is 14.6 Å². The number of ether oxygens (including phenoxy) is 1. The molecule has 2 aromatic heterocycles. The molecule has 6 heteroatoms. The quantitative estimate of drug-likeness (QED) is 0.833. The van der Waals surface area contributed by atoms with Crippen LogP contribution < -0.4 is 0 Å². The van der Waals surface area contributed by atoms with Crippen LogP contribution in [0.25, 0.3) is 0 Å². The van der Waals surface area contributed by atoms with Crippen molar-refractivity contribution in [2.45, 2.75) is 37.3 Å². The summed E-state index contributed by atoms with van der Waals surface area (Å²) in [7, 11) is 2.03. The van der Waals surface area contributed by atoms with Crippen molar-refractivity contribution in [2.24, 2.45) is 7.05 Å². The Kier molecular flexibility index (Phi) is 4.37. The fourth-order valence-electron chi connectivity index (χ4n) is 3.74. The zero-order valence-electron chi connectivity index (χ0n) is 14.3. The van der Waals surface area contributed by atoms with Gasteiger partial charge < -0.3 is 4.74 Å². The van der Waals surface area contributed by atoms with Gasteiger partial charge in [-0.1, -0.05) is 6.07 Å². The minimum absolute atomic E-state index is 0.359. The van der Waals surface area contributed by atoms with Crippen molar-refractivity contribution in [3.63, 3.8) is 0 Å². The van der Waals surface area contributed by atoms with Gasteiger partial charge in [0.25, 0.3) is 0 Å². The van der Waals surface area contributed by atoms with Crippen LogP contribution >= 0.6 is 11.8 Å². The molecular formula is C18H24N4OS. The fourth-order valence-corrected chi connectivity index (χ4v) is 5.34. The summed E-state index contributed by atoms with van der Waals surface area (Å²) in [6.07, 6.45) is 3.34. The van der Waals surface area contributed by atoms with Gasteiger partial charge in [-0.15, -0.1) is 11.8 Å². The van der Waals surface area contributed by atoms with Crippen molar-refractivity contribution < 1.29 is 4.74 Å². The SMILES string of the molecule is Cc1cc(CN2CC3(C[C@@H](OCc4ccccn4)CS3)C2)n(C)n1. The zero-order chi connectivity index (χ0) is 16.6. The van der Waals surface area contributed by atoms with E-state index in [0.29, 0.717) is 17.5 Å². The molecule has 5 nitrogen and oxygen atoms in total.